The Hall–Kier alpha value is -1.10. The fourth-order valence-electron chi connectivity index (χ4n) is 1.50. The van der Waals surface area contributed by atoms with Gasteiger partial charge in [-0.1, -0.05) is 11.6 Å². The van der Waals surface area contributed by atoms with Gasteiger partial charge in [0.2, 0.25) is 0 Å². The highest BCUT2D eigenvalue weighted by Crippen LogP contribution is 2.33. The molecule has 0 aliphatic carbocycles. The fraction of sp³-hybridized carbons (Fsp3) is 0.250. The van der Waals surface area contributed by atoms with E-state index in [9.17, 15) is 0 Å². The first-order valence-corrected chi connectivity index (χ1v) is 6.42. The number of aromatic nitrogens is 1. The number of ether oxygens (including phenoxy) is 1. The van der Waals surface area contributed by atoms with Gasteiger partial charge in [-0.25, -0.2) is 4.98 Å². The topological polar surface area (TPSA) is 48.1 Å². The molecule has 0 fully saturated rings. The molecule has 0 saturated heterocycles. The van der Waals surface area contributed by atoms with Gasteiger partial charge in [0, 0.05) is 16.0 Å². The van der Waals surface area contributed by atoms with E-state index in [4.69, 9.17) is 22.1 Å². The van der Waals surface area contributed by atoms with Crippen LogP contribution in [0.1, 0.15) is 18.0 Å². The molecule has 1 atom stereocenters. The van der Waals surface area contributed by atoms with Crippen LogP contribution in [0.25, 0.3) is 11.3 Å². The summed E-state index contributed by atoms with van der Waals surface area (Å²) >= 11 is 7.53. The minimum Gasteiger partial charge on any atom is -0.496 e. The van der Waals surface area contributed by atoms with Gasteiger partial charge in [0.05, 0.1) is 18.8 Å². The number of thiazole rings is 1. The van der Waals surface area contributed by atoms with Crippen LogP contribution in [0.5, 0.6) is 5.75 Å². The van der Waals surface area contributed by atoms with Gasteiger partial charge >= 0.3 is 0 Å². The Morgan fingerprint density at radius 1 is 1.47 bits per heavy atom. The molecule has 0 amide bonds. The molecule has 0 aliphatic rings. The maximum Gasteiger partial charge on any atom is 0.128 e. The molecule has 0 radical (unpaired) electrons. The minimum atomic E-state index is -0.0565. The molecule has 5 heteroatoms. The highest BCUT2D eigenvalue weighted by molar-refractivity contribution is 7.10. The second kappa shape index (κ2) is 5.04. The van der Waals surface area contributed by atoms with Crippen LogP contribution in [0, 0.1) is 0 Å². The van der Waals surface area contributed by atoms with Crippen molar-refractivity contribution in [3.8, 4) is 17.0 Å². The Morgan fingerprint density at radius 3 is 2.82 bits per heavy atom. The zero-order valence-electron chi connectivity index (χ0n) is 9.61. The Kier molecular flexibility index (Phi) is 3.66. The van der Waals surface area contributed by atoms with Crippen LogP contribution in [0.4, 0.5) is 0 Å². The van der Waals surface area contributed by atoms with Crippen molar-refractivity contribution in [2.45, 2.75) is 13.0 Å². The largest absolute Gasteiger partial charge is 0.496 e. The smallest absolute Gasteiger partial charge is 0.128 e. The van der Waals surface area contributed by atoms with Crippen molar-refractivity contribution >= 4 is 22.9 Å². The lowest BCUT2D eigenvalue weighted by molar-refractivity contribution is 0.416. The molecule has 0 spiro atoms. The van der Waals surface area contributed by atoms with Gasteiger partial charge in [0.15, 0.2) is 0 Å². The molecule has 1 aromatic carbocycles. The summed E-state index contributed by atoms with van der Waals surface area (Å²) in [6.07, 6.45) is 0. The number of hydrogen-bond acceptors (Lipinski definition) is 4. The third kappa shape index (κ3) is 2.60. The Balaban J connectivity index is 2.47. The molecule has 2 aromatic rings. The first kappa shape index (κ1) is 12.4. The number of methoxy groups -OCH3 is 1. The maximum absolute atomic E-state index is 5.99. The fourth-order valence-corrected chi connectivity index (χ4v) is 2.45. The summed E-state index contributed by atoms with van der Waals surface area (Å²) in [6, 6.07) is 5.42. The normalized spacial score (nSPS) is 12.5. The number of nitrogens with two attached hydrogens (primary N) is 1. The molecule has 2 N–H and O–H groups in total. The summed E-state index contributed by atoms with van der Waals surface area (Å²) in [4.78, 5) is 4.48. The van der Waals surface area contributed by atoms with E-state index in [2.05, 4.69) is 4.98 Å². The van der Waals surface area contributed by atoms with Gasteiger partial charge in [0.1, 0.15) is 10.8 Å². The van der Waals surface area contributed by atoms with Crippen LogP contribution in [0.15, 0.2) is 23.6 Å². The first-order chi connectivity index (χ1) is 8.11. The molecule has 3 nitrogen and oxygen atoms in total. The van der Waals surface area contributed by atoms with Gasteiger partial charge in [-0.3, -0.25) is 0 Å². The van der Waals surface area contributed by atoms with Crippen LogP contribution in [-0.2, 0) is 0 Å². The van der Waals surface area contributed by atoms with Crippen LogP contribution < -0.4 is 10.5 Å². The average Bonchev–Trinajstić information content (AvgIpc) is 2.78. The molecule has 17 heavy (non-hydrogen) atoms. The van der Waals surface area contributed by atoms with E-state index >= 15 is 0 Å². The zero-order chi connectivity index (χ0) is 12.4. The highest BCUT2D eigenvalue weighted by Gasteiger charge is 2.12. The molecule has 2 rings (SSSR count). The van der Waals surface area contributed by atoms with Crippen molar-refractivity contribution in [1.29, 1.82) is 0 Å². The number of nitrogens with zero attached hydrogens (tertiary/aromatic N) is 1. The molecule has 90 valence electrons. The first-order valence-electron chi connectivity index (χ1n) is 5.16. The lowest BCUT2D eigenvalue weighted by Crippen LogP contribution is -2.03. The standard InChI is InChI=1S/C12H13ClN2OS/c1-7(14)12-15-10(6-17-12)9-5-8(13)3-4-11(9)16-2/h3-7H,14H2,1-2H3. The van der Waals surface area contributed by atoms with Crippen LogP contribution >= 0.6 is 22.9 Å². The molecule has 1 heterocycles. The lowest BCUT2D eigenvalue weighted by atomic mass is 10.1. The van der Waals surface area contributed by atoms with E-state index in [1.807, 2.05) is 24.4 Å². The number of hydrogen-bond donors (Lipinski definition) is 1. The third-order valence-electron chi connectivity index (χ3n) is 2.35. The zero-order valence-corrected chi connectivity index (χ0v) is 11.2. The second-order valence-electron chi connectivity index (χ2n) is 3.70. The molecule has 1 aromatic heterocycles. The summed E-state index contributed by atoms with van der Waals surface area (Å²) in [5.74, 6) is 0.760. The predicted molar refractivity (Wildman–Crippen MR) is 71.7 cm³/mol. The second-order valence-corrected chi connectivity index (χ2v) is 5.03. The van der Waals surface area contributed by atoms with Crippen molar-refractivity contribution < 1.29 is 4.74 Å². The molecule has 0 aliphatic heterocycles. The Morgan fingerprint density at radius 2 is 2.24 bits per heavy atom. The van der Waals surface area contributed by atoms with E-state index < -0.39 is 0 Å². The third-order valence-corrected chi connectivity index (χ3v) is 3.63. The number of rotatable bonds is 3. The Labute approximate surface area is 109 Å². The lowest BCUT2D eigenvalue weighted by Gasteiger charge is -2.06. The average molecular weight is 269 g/mol. The monoisotopic (exact) mass is 268 g/mol. The number of halogens is 1. The van der Waals surface area contributed by atoms with Gasteiger partial charge in [-0.05, 0) is 25.1 Å². The predicted octanol–water partition coefficient (Wildman–Crippen LogP) is 3.49. The van der Waals surface area contributed by atoms with Crippen LogP contribution in [0.2, 0.25) is 5.02 Å². The summed E-state index contributed by atoms with van der Waals surface area (Å²) < 4.78 is 5.30. The molecular formula is C12H13ClN2OS. The summed E-state index contributed by atoms with van der Waals surface area (Å²) in [6.45, 7) is 1.91. The van der Waals surface area contributed by atoms with E-state index in [1.165, 1.54) is 0 Å². The number of benzene rings is 1. The van der Waals surface area contributed by atoms with Gasteiger partial charge in [0.25, 0.3) is 0 Å². The van der Waals surface area contributed by atoms with Crippen molar-refractivity contribution in [2.24, 2.45) is 5.73 Å². The van der Waals surface area contributed by atoms with Crippen molar-refractivity contribution in [1.82, 2.24) is 4.98 Å². The Bertz CT molecular complexity index is 525. The molecule has 1 unspecified atom stereocenters. The van der Waals surface area contributed by atoms with E-state index in [0.717, 1.165) is 22.0 Å². The van der Waals surface area contributed by atoms with Crippen LogP contribution in [-0.4, -0.2) is 12.1 Å². The highest BCUT2D eigenvalue weighted by atomic mass is 35.5. The van der Waals surface area contributed by atoms with Gasteiger partial charge in [-0.2, -0.15) is 0 Å². The van der Waals surface area contributed by atoms with E-state index in [1.54, 1.807) is 24.5 Å². The van der Waals surface area contributed by atoms with E-state index in [-0.39, 0.29) is 6.04 Å². The molecule has 0 bridgehead atoms. The van der Waals surface area contributed by atoms with E-state index in [0.29, 0.717) is 5.02 Å². The summed E-state index contributed by atoms with van der Waals surface area (Å²) in [5.41, 5.74) is 7.54. The van der Waals surface area contributed by atoms with Crippen molar-refractivity contribution in [3.63, 3.8) is 0 Å². The molecular weight excluding hydrogens is 256 g/mol. The van der Waals surface area contributed by atoms with Crippen molar-refractivity contribution in [2.75, 3.05) is 7.11 Å². The maximum atomic E-state index is 5.99. The van der Waals surface area contributed by atoms with Gasteiger partial charge < -0.3 is 10.5 Å². The quantitative estimate of drug-likeness (QED) is 0.927. The molecule has 0 saturated carbocycles. The van der Waals surface area contributed by atoms with Crippen molar-refractivity contribution in [3.05, 3.63) is 33.6 Å². The minimum absolute atomic E-state index is 0.0565. The van der Waals surface area contributed by atoms with Crippen LogP contribution in [0.3, 0.4) is 0 Å². The van der Waals surface area contributed by atoms with Gasteiger partial charge in [-0.15, -0.1) is 11.3 Å². The SMILES string of the molecule is COc1ccc(Cl)cc1-c1csc(C(C)N)n1. The summed E-state index contributed by atoms with van der Waals surface area (Å²) in [5, 5.41) is 3.53. The summed E-state index contributed by atoms with van der Waals surface area (Å²) in [7, 11) is 1.63.